The van der Waals surface area contributed by atoms with Gasteiger partial charge in [0.1, 0.15) is 10.8 Å². The lowest BCUT2D eigenvalue weighted by atomic mass is 10.3. The van der Waals surface area contributed by atoms with Crippen LogP contribution >= 0.6 is 11.5 Å². The molecule has 0 saturated heterocycles. The fourth-order valence-corrected chi connectivity index (χ4v) is 2.78. The standard InChI is InChI=1S/C8H7N3O3S2/c12-6-2-1-3-7(4-6)16(13,14)10-8-5-9-11-15-8/h1-5,10,12H. The molecule has 0 bridgehead atoms. The second-order valence-electron chi connectivity index (χ2n) is 2.88. The summed E-state index contributed by atoms with van der Waals surface area (Å²) in [4.78, 5) is -0.0131. The highest BCUT2D eigenvalue weighted by molar-refractivity contribution is 7.93. The van der Waals surface area contributed by atoms with Crippen LogP contribution in [0, 0.1) is 0 Å². The van der Waals surface area contributed by atoms with Crippen molar-refractivity contribution < 1.29 is 13.5 Å². The van der Waals surface area contributed by atoms with E-state index in [0.717, 1.165) is 17.6 Å². The molecule has 2 N–H and O–H groups in total. The minimum atomic E-state index is -3.69. The number of rotatable bonds is 3. The van der Waals surface area contributed by atoms with Crippen molar-refractivity contribution in [2.24, 2.45) is 0 Å². The van der Waals surface area contributed by atoms with Crippen molar-refractivity contribution in [1.29, 1.82) is 0 Å². The van der Waals surface area contributed by atoms with Crippen LogP contribution in [-0.2, 0) is 10.0 Å². The van der Waals surface area contributed by atoms with E-state index in [2.05, 4.69) is 14.3 Å². The summed E-state index contributed by atoms with van der Waals surface area (Å²) < 4.78 is 29.4. The Hall–Kier alpha value is -1.67. The zero-order chi connectivity index (χ0) is 11.6. The van der Waals surface area contributed by atoms with E-state index in [-0.39, 0.29) is 10.6 Å². The monoisotopic (exact) mass is 257 g/mol. The summed E-state index contributed by atoms with van der Waals surface area (Å²) in [5.74, 6) is -0.106. The Morgan fingerprint density at radius 1 is 1.38 bits per heavy atom. The Morgan fingerprint density at radius 3 is 2.81 bits per heavy atom. The number of nitrogens with zero attached hydrogens (tertiary/aromatic N) is 2. The number of nitrogens with one attached hydrogen (secondary N) is 1. The Balaban J connectivity index is 2.33. The molecule has 0 fully saturated rings. The number of aromatic hydroxyl groups is 1. The number of phenolic OH excluding ortho intramolecular Hbond substituents is 1. The Morgan fingerprint density at radius 2 is 2.19 bits per heavy atom. The van der Waals surface area contributed by atoms with Crippen LogP contribution in [0.1, 0.15) is 0 Å². The molecule has 8 heteroatoms. The molecule has 0 unspecified atom stereocenters. The number of aromatic nitrogens is 2. The van der Waals surface area contributed by atoms with Crippen LogP contribution in [0.3, 0.4) is 0 Å². The van der Waals surface area contributed by atoms with Gasteiger partial charge in [-0.1, -0.05) is 10.6 Å². The summed E-state index contributed by atoms with van der Waals surface area (Å²) >= 11 is 0.935. The molecule has 6 nitrogen and oxygen atoms in total. The number of hydrogen-bond acceptors (Lipinski definition) is 6. The van der Waals surface area contributed by atoms with E-state index in [9.17, 15) is 13.5 Å². The largest absolute Gasteiger partial charge is 0.508 e. The lowest BCUT2D eigenvalue weighted by Crippen LogP contribution is -2.11. The highest BCUT2D eigenvalue weighted by Gasteiger charge is 2.15. The molecule has 2 aromatic rings. The molecule has 0 saturated carbocycles. The van der Waals surface area contributed by atoms with Crippen LogP contribution < -0.4 is 4.72 Å². The van der Waals surface area contributed by atoms with Gasteiger partial charge >= 0.3 is 0 Å². The summed E-state index contributed by atoms with van der Waals surface area (Å²) in [5.41, 5.74) is 0. The molecule has 16 heavy (non-hydrogen) atoms. The van der Waals surface area contributed by atoms with Crippen molar-refractivity contribution in [1.82, 2.24) is 9.59 Å². The molecule has 0 amide bonds. The normalized spacial score (nSPS) is 11.2. The highest BCUT2D eigenvalue weighted by atomic mass is 32.2. The number of phenols is 1. The maximum atomic E-state index is 11.8. The summed E-state index contributed by atoms with van der Waals surface area (Å²) in [6, 6.07) is 5.40. The van der Waals surface area contributed by atoms with Crippen molar-refractivity contribution >= 4 is 26.6 Å². The van der Waals surface area contributed by atoms with Crippen molar-refractivity contribution in [3.05, 3.63) is 30.5 Å². The third kappa shape index (κ3) is 2.28. The smallest absolute Gasteiger partial charge is 0.262 e. The third-order valence-corrected chi connectivity index (χ3v) is 3.80. The van der Waals surface area contributed by atoms with Gasteiger partial charge < -0.3 is 5.11 Å². The average molecular weight is 257 g/mol. The molecule has 2 rings (SSSR count). The maximum absolute atomic E-state index is 11.8. The molecule has 1 aromatic heterocycles. The molecule has 1 heterocycles. The number of anilines is 1. The lowest BCUT2D eigenvalue weighted by molar-refractivity contribution is 0.473. The predicted molar refractivity (Wildman–Crippen MR) is 58.8 cm³/mol. The van der Waals surface area contributed by atoms with E-state index in [0.29, 0.717) is 5.00 Å². The van der Waals surface area contributed by atoms with Gasteiger partial charge in [-0.25, -0.2) is 8.42 Å². The first-order valence-electron chi connectivity index (χ1n) is 4.17. The summed E-state index contributed by atoms with van der Waals surface area (Å²) in [6.07, 6.45) is 1.31. The zero-order valence-corrected chi connectivity index (χ0v) is 9.49. The average Bonchev–Trinajstić information content (AvgIpc) is 2.70. The van der Waals surface area contributed by atoms with Crippen LogP contribution in [0.5, 0.6) is 5.75 Å². The first kappa shape index (κ1) is 10.8. The minimum Gasteiger partial charge on any atom is -0.508 e. The molecule has 0 atom stereocenters. The predicted octanol–water partition coefficient (Wildman–Crippen LogP) is 1.04. The Labute approximate surface area is 95.8 Å². The number of hydrogen-bond donors (Lipinski definition) is 2. The van der Waals surface area contributed by atoms with E-state index >= 15 is 0 Å². The molecule has 0 spiro atoms. The van der Waals surface area contributed by atoms with E-state index in [1.54, 1.807) is 0 Å². The molecule has 1 aromatic carbocycles. The molecular weight excluding hydrogens is 250 g/mol. The molecule has 0 radical (unpaired) electrons. The quantitative estimate of drug-likeness (QED) is 0.857. The molecule has 0 aliphatic rings. The van der Waals surface area contributed by atoms with Gasteiger partial charge in [-0.15, -0.1) is 5.10 Å². The van der Waals surface area contributed by atoms with Crippen molar-refractivity contribution in [2.75, 3.05) is 4.72 Å². The number of sulfonamides is 1. The molecule has 84 valence electrons. The summed E-state index contributed by atoms with van der Waals surface area (Å²) in [6.45, 7) is 0. The van der Waals surface area contributed by atoms with Crippen molar-refractivity contribution in [3.8, 4) is 5.75 Å². The van der Waals surface area contributed by atoms with Crippen LogP contribution in [0.2, 0.25) is 0 Å². The SMILES string of the molecule is O=S(=O)(Nc1cnns1)c1cccc(O)c1. The van der Waals surface area contributed by atoms with Gasteiger partial charge in [0, 0.05) is 17.6 Å². The van der Waals surface area contributed by atoms with Gasteiger partial charge in [-0.2, -0.15) is 0 Å². The Kier molecular flexibility index (Phi) is 2.75. The van der Waals surface area contributed by atoms with Gasteiger partial charge in [-0.05, 0) is 12.1 Å². The van der Waals surface area contributed by atoms with Crippen LogP contribution in [0.15, 0.2) is 35.4 Å². The Bertz CT molecular complexity index is 580. The van der Waals surface area contributed by atoms with Gasteiger partial charge in [0.25, 0.3) is 10.0 Å². The van der Waals surface area contributed by atoms with Gasteiger partial charge in [0.15, 0.2) is 0 Å². The fraction of sp³-hybridized carbons (Fsp3) is 0. The molecule has 0 aliphatic heterocycles. The summed E-state index contributed by atoms with van der Waals surface area (Å²) in [7, 11) is -3.69. The first-order chi connectivity index (χ1) is 7.58. The minimum absolute atomic E-state index is 0.0131. The van der Waals surface area contributed by atoms with E-state index in [1.807, 2.05) is 0 Å². The van der Waals surface area contributed by atoms with Crippen LogP contribution in [0.4, 0.5) is 5.00 Å². The number of benzene rings is 1. The van der Waals surface area contributed by atoms with Crippen molar-refractivity contribution in [3.63, 3.8) is 0 Å². The maximum Gasteiger partial charge on any atom is 0.262 e. The van der Waals surface area contributed by atoms with Gasteiger partial charge in [0.05, 0.1) is 11.1 Å². The van der Waals surface area contributed by atoms with Gasteiger partial charge in [0.2, 0.25) is 0 Å². The van der Waals surface area contributed by atoms with Gasteiger partial charge in [-0.3, -0.25) is 4.72 Å². The molecular formula is C8H7N3O3S2. The summed E-state index contributed by atoms with van der Waals surface area (Å²) in [5, 5.41) is 13.0. The highest BCUT2D eigenvalue weighted by Crippen LogP contribution is 2.20. The second kappa shape index (κ2) is 4.06. The molecule has 0 aliphatic carbocycles. The van der Waals surface area contributed by atoms with E-state index in [1.165, 1.54) is 24.4 Å². The first-order valence-corrected chi connectivity index (χ1v) is 6.43. The van der Waals surface area contributed by atoms with Crippen LogP contribution in [-0.4, -0.2) is 23.1 Å². The van der Waals surface area contributed by atoms with Crippen LogP contribution in [0.25, 0.3) is 0 Å². The third-order valence-electron chi connectivity index (χ3n) is 1.72. The van der Waals surface area contributed by atoms with E-state index < -0.39 is 10.0 Å². The van der Waals surface area contributed by atoms with E-state index in [4.69, 9.17) is 0 Å². The topological polar surface area (TPSA) is 92.2 Å². The zero-order valence-electron chi connectivity index (χ0n) is 7.86. The second-order valence-corrected chi connectivity index (χ2v) is 5.35. The fourth-order valence-electron chi connectivity index (χ4n) is 1.05. The lowest BCUT2D eigenvalue weighted by Gasteiger charge is -2.04. The van der Waals surface area contributed by atoms with Crippen molar-refractivity contribution in [2.45, 2.75) is 4.90 Å².